The van der Waals surface area contributed by atoms with Gasteiger partial charge >= 0.3 is 0 Å². The molecule has 7 nitrogen and oxygen atoms in total. The molecule has 0 radical (unpaired) electrons. The van der Waals surface area contributed by atoms with Gasteiger partial charge in [0.1, 0.15) is 0 Å². The van der Waals surface area contributed by atoms with Crippen LogP contribution in [0.2, 0.25) is 0 Å². The largest absolute Gasteiger partial charge is 0.383 e. The molecule has 1 aromatic carbocycles. The molecule has 0 unspecified atom stereocenters. The molecule has 2 aromatic rings. The molecule has 1 aliphatic rings. The van der Waals surface area contributed by atoms with Crippen molar-refractivity contribution >= 4 is 23.0 Å². The van der Waals surface area contributed by atoms with Crippen molar-refractivity contribution in [2.45, 2.75) is 0 Å². The third-order valence-electron chi connectivity index (χ3n) is 4.13. The number of hydrogen-bond donors (Lipinski definition) is 2. The number of benzene rings is 1. The molecule has 1 saturated heterocycles. The van der Waals surface area contributed by atoms with Crippen LogP contribution in [0.4, 0.5) is 17.1 Å². The summed E-state index contributed by atoms with van der Waals surface area (Å²) in [4.78, 5) is 18.7. The van der Waals surface area contributed by atoms with Gasteiger partial charge in [-0.3, -0.25) is 9.78 Å². The summed E-state index contributed by atoms with van der Waals surface area (Å²) in [6, 6.07) is 9.92. The minimum absolute atomic E-state index is 0.167. The molecule has 1 fully saturated rings. The molecule has 1 amide bonds. The van der Waals surface area contributed by atoms with E-state index >= 15 is 0 Å². The monoisotopic (exact) mass is 356 g/mol. The van der Waals surface area contributed by atoms with Crippen LogP contribution in [0.1, 0.15) is 10.4 Å². The maximum absolute atomic E-state index is 12.2. The van der Waals surface area contributed by atoms with Crippen molar-refractivity contribution in [1.82, 2.24) is 10.3 Å². The number of carbonyl (C=O) groups excluding carboxylic acids is 1. The summed E-state index contributed by atoms with van der Waals surface area (Å²) >= 11 is 0. The molecule has 0 aliphatic carbocycles. The Morgan fingerprint density at radius 2 is 2.08 bits per heavy atom. The van der Waals surface area contributed by atoms with Gasteiger partial charge in [0.15, 0.2) is 0 Å². The Morgan fingerprint density at radius 1 is 1.27 bits per heavy atom. The Kier molecular flexibility index (Phi) is 6.40. The predicted molar refractivity (Wildman–Crippen MR) is 101 cm³/mol. The zero-order valence-electron chi connectivity index (χ0n) is 14.9. The van der Waals surface area contributed by atoms with Crippen molar-refractivity contribution in [1.29, 1.82) is 0 Å². The number of hydrogen-bond acceptors (Lipinski definition) is 6. The second-order valence-corrected chi connectivity index (χ2v) is 5.95. The quantitative estimate of drug-likeness (QED) is 0.740. The normalized spacial score (nSPS) is 14.1. The molecule has 2 N–H and O–H groups in total. The number of anilines is 3. The molecule has 2 heterocycles. The summed E-state index contributed by atoms with van der Waals surface area (Å²) in [6.07, 6.45) is 3.27. The molecule has 0 atom stereocenters. The highest BCUT2D eigenvalue weighted by molar-refractivity contribution is 5.95. The number of amides is 1. The number of nitrogens with one attached hydrogen (secondary N) is 2. The van der Waals surface area contributed by atoms with Gasteiger partial charge in [-0.2, -0.15) is 0 Å². The first-order chi connectivity index (χ1) is 12.8. The van der Waals surface area contributed by atoms with Crippen molar-refractivity contribution in [3.8, 4) is 0 Å². The van der Waals surface area contributed by atoms with E-state index < -0.39 is 0 Å². The number of morpholine rings is 1. The van der Waals surface area contributed by atoms with Crippen LogP contribution in [-0.4, -0.2) is 57.5 Å². The van der Waals surface area contributed by atoms with Crippen molar-refractivity contribution in [3.63, 3.8) is 0 Å². The van der Waals surface area contributed by atoms with Crippen molar-refractivity contribution in [3.05, 3.63) is 48.3 Å². The van der Waals surface area contributed by atoms with Crippen LogP contribution in [0.15, 0.2) is 42.7 Å². The molecule has 0 spiro atoms. The van der Waals surface area contributed by atoms with Crippen molar-refractivity contribution < 1.29 is 14.3 Å². The first kappa shape index (κ1) is 18.2. The Morgan fingerprint density at radius 3 is 2.88 bits per heavy atom. The van der Waals surface area contributed by atoms with Crippen LogP contribution >= 0.6 is 0 Å². The molecule has 1 aromatic heterocycles. The molecule has 7 heteroatoms. The van der Waals surface area contributed by atoms with Crippen molar-refractivity contribution in [2.24, 2.45) is 0 Å². The number of rotatable bonds is 7. The summed E-state index contributed by atoms with van der Waals surface area (Å²) < 4.78 is 10.4. The fourth-order valence-electron chi connectivity index (χ4n) is 2.82. The van der Waals surface area contributed by atoms with Gasteiger partial charge in [0.05, 0.1) is 48.6 Å². The van der Waals surface area contributed by atoms with E-state index in [4.69, 9.17) is 9.47 Å². The average Bonchev–Trinajstić information content (AvgIpc) is 2.69. The predicted octanol–water partition coefficient (Wildman–Crippen LogP) is 2.04. The number of aromatic nitrogens is 1. The van der Waals surface area contributed by atoms with E-state index in [1.54, 1.807) is 25.6 Å². The Bertz CT molecular complexity index is 732. The summed E-state index contributed by atoms with van der Waals surface area (Å²) in [5.74, 6) is -0.167. The first-order valence-electron chi connectivity index (χ1n) is 8.69. The standard InChI is InChI=1S/C19H24N4O3/c1-25-9-6-21-19(24)15-12-16(14-20-13-15)22-17-4-2-3-5-18(17)23-7-10-26-11-8-23/h2-5,12-14,22H,6-11H2,1H3,(H,21,24). The van der Waals surface area contributed by atoms with Gasteiger partial charge in [0, 0.05) is 32.9 Å². The molecular formula is C19H24N4O3. The third-order valence-corrected chi connectivity index (χ3v) is 4.13. The fourth-order valence-corrected chi connectivity index (χ4v) is 2.82. The third kappa shape index (κ3) is 4.71. The summed E-state index contributed by atoms with van der Waals surface area (Å²) in [5.41, 5.74) is 3.37. The van der Waals surface area contributed by atoms with E-state index in [-0.39, 0.29) is 5.91 Å². The highest BCUT2D eigenvalue weighted by Crippen LogP contribution is 2.29. The van der Waals surface area contributed by atoms with Gasteiger partial charge in [-0.1, -0.05) is 12.1 Å². The van der Waals surface area contributed by atoms with Crippen LogP contribution in [0.5, 0.6) is 0 Å². The fraction of sp³-hybridized carbons (Fsp3) is 0.368. The Labute approximate surface area is 153 Å². The highest BCUT2D eigenvalue weighted by atomic mass is 16.5. The lowest BCUT2D eigenvalue weighted by Crippen LogP contribution is -2.36. The molecule has 0 saturated carbocycles. The minimum atomic E-state index is -0.167. The summed E-state index contributed by atoms with van der Waals surface area (Å²) in [6.45, 7) is 4.12. The van der Waals surface area contributed by atoms with Crippen LogP contribution in [0.3, 0.4) is 0 Å². The maximum Gasteiger partial charge on any atom is 0.253 e. The molecule has 138 valence electrons. The van der Waals surface area contributed by atoms with E-state index in [9.17, 15) is 4.79 Å². The van der Waals surface area contributed by atoms with Gasteiger partial charge in [-0.25, -0.2) is 0 Å². The number of ether oxygens (including phenoxy) is 2. The molecule has 1 aliphatic heterocycles. The zero-order chi connectivity index (χ0) is 18.2. The lowest BCUT2D eigenvalue weighted by Gasteiger charge is -2.30. The van der Waals surface area contributed by atoms with Gasteiger partial charge in [0.2, 0.25) is 0 Å². The first-order valence-corrected chi connectivity index (χ1v) is 8.69. The number of pyridine rings is 1. The van der Waals surface area contributed by atoms with E-state index in [2.05, 4.69) is 26.6 Å². The van der Waals surface area contributed by atoms with Gasteiger partial charge in [-0.15, -0.1) is 0 Å². The van der Waals surface area contributed by atoms with Crippen LogP contribution in [-0.2, 0) is 9.47 Å². The number of para-hydroxylation sites is 2. The number of carbonyl (C=O) groups is 1. The maximum atomic E-state index is 12.2. The number of nitrogens with zero attached hydrogens (tertiary/aromatic N) is 2. The lowest BCUT2D eigenvalue weighted by molar-refractivity contribution is 0.0936. The molecule has 3 rings (SSSR count). The van der Waals surface area contributed by atoms with E-state index in [0.717, 1.165) is 43.4 Å². The molecule has 26 heavy (non-hydrogen) atoms. The summed E-state index contributed by atoms with van der Waals surface area (Å²) in [5, 5.41) is 6.18. The zero-order valence-corrected chi connectivity index (χ0v) is 14.9. The smallest absolute Gasteiger partial charge is 0.253 e. The van der Waals surface area contributed by atoms with Gasteiger partial charge < -0.3 is 25.0 Å². The van der Waals surface area contributed by atoms with Crippen LogP contribution < -0.4 is 15.5 Å². The minimum Gasteiger partial charge on any atom is -0.383 e. The van der Waals surface area contributed by atoms with E-state index in [1.807, 2.05) is 18.2 Å². The Hall–Kier alpha value is -2.64. The van der Waals surface area contributed by atoms with Crippen molar-refractivity contribution in [2.75, 3.05) is 56.8 Å². The molecular weight excluding hydrogens is 332 g/mol. The van der Waals surface area contributed by atoms with Gasteiger partial charge in [-0.05, 0) is 18.2 Å². The second-order valence-electron chi connectivity index (χ2n) is 5.95. The number of methoxy groups -OCH3 is 1. The topological polar surface area (TPSA) is 75.7 Å². The van der Waals surface area contributed by atoms with Gasteiger partial charge in [0.25, 0.3) is 5.91 Å². The highest BCUT2D eigenvalue weighted by Gasteiger charge is 2.15. The van der Waals surface area contributed by atoms with E-state index in [1.165, 1.54) is 0 Å². The lowest BCUT2D eigenvalue weighted by atomic mass is 10.2. The van der Waals surface area contributed by atoms with E-state index in [0.29, 0.717) is 18.7 Å². The SMILES string of the molecule is COCCNC(=O)c1cncc(Nc2ccccc2N2CCOCC2)c1. The van der Waals surface area contributed by atoms with Crippen LogP contribution in [0, 0.1) is 0 Å². The van der Waals surface area contributed by atoms with Crippen LogP contribution in [0.25, 0.3) is 0 Å². The second kappa shape index (κ2) is 9.17. The Balaban J connectivity index is 1.73. The summed E-state index contributed by atoms with van der Waals surface area (Å²) in [7, 11) is 1.60. The molecule has 0 bridgehead atoms. The average molecular weight is 356 g/mol.